The number of aromatic nitrogens is 2. The number of hydrogen-bond acceptors (Lipinski definition) is 6. The third-order valence-electron chi connectivity index (χ3n) is 5.05. The molecule has 0 aliphatic rings. The number of hydrogen-bond donors (Lipinski definition) is 2. The van der Waals surface area contributed by atoms with E-state index in [-0.39, 0.29) is 32.3 Å². The van der Waals surface area contributed by atoms with Crippen LogP contribution in [0.5, 0.6) is 5.88 Å². The molecule has 0 amide bonds. The molecule has 0 bridgehead atoms. The molecule has 0 radical (unpaired) electrons. The number of halogens is 4. The number of nitrogens with zero attached hydrogens (tertiary/aromatic N) is 1. The number of aromatic carboxylic acids is 1. The van der Waals surface area contributed by atoms with Crippen LogP contribution in [0.15, 0.2) is 65.7 Å². The molecule has 4 rings (SSSR count). The average Bonchev–Trinajstić information content (AvgIpc) is 2.90. The number of carboxylic acids is 1. The first-order chi connectivity index (χ1) is 18.0. The first-order valence-corrected chi connectivity index (χ1v) is 11.3. The lowest BCUT2D eigenvalue weighted by Crippen LogP contribution is -2.04. The zero-order valence-electron chi connectivity index (χ0n) is 19.7. The molecule has 0 atom stereocenters. The number of carbonyl (C=O) groups excluding carboxylic acids is 1. The number of benzene rings is 2. The van der Waals surface area contributed by atoms with Crippen molar-refractivity contribution in [1.29, 1.82) is 0 Å². The summed E-state index contributed by atoms with van der Waals surface area (Å²) in [6.07, 6.45) is 2.88. The molecule has 8 nitrogen and oxygen atoms in total. The minimum absolute atomic E-state index is 0.0278. The van der Waals surface area contributed by atoms with Crippen molar-refractivity contribution < 1.29 is 33.0 Å². The molecule has 0 aliphatic carbocycles. The Morgan fingerprint density at radius 2 is 1.47 bits per heavy atom. The molecule has 196 valence electrons. The Morgan fingerprint density at radius 3 is 2.03 bits per heavy atom. The van der Waals surface area contributed by atoms with E-state index in [1.54, 1.807) is 12.1 Å². The summed E-state index contributed by atoms with van der Waals surface area (Å²) in [6, 6.07) is 10.2. The van der Waals surface area contributed by atoms with E-state index in [1.165, 1.54) is 44.8 Å². The first kappa shape index (κ1) is 28.3. The molecule has 0 saturated heterocycles. The van der Waals surface area contributed by atoms with Crippen molar-refractivity contribution in [1.82, 2.24) is 9.97 Å². The molecule has 4 aromatic rings. The third-order valence-corrected chi connectivity index (χ3v) is 5.87. The lowest BCUT2D eigenvalue weighted by Gasteiger charge is -2.10. The Hall–Kier alpha value is -4.28. The number of nitrogens with one attached hydrogen (secondary N) is 1. The topological polar surface area (TPSA) is 119 Å². The molecule has 0 saturated carbocycles. The van der Waals surface area contributed by atoms with Crippen LogP contribution in [0.3, 0.4) is 0 Å². The van der Waals surface area contributed by atoms with Crippen molar-refractivity contribution >= 4 is 35.1 Å². The van der Waals surface area contributed by atoms with Gasteiger partial charge in [0.15, 0.2) is 0 Å². The van der Waals surface area contributed by atoms with E-state index in [0.717, 1.165) is 18.2 Å². The summed E-state index contributed by atoms with van der Waals surface area (Å²) in [5.41, 5.74) is 0.724. The van der Waals surface area contributed by atoms with Crippen LogP contribution < -0.4 is 10.3 Å². The Bertz CT molecular complexity index is 1580. The lowest BCUT2D eigenvalue weighted by atomic mass is 10.0. The van der Waals surface area contributed by atoms with Crippen LogP contribution >= 0.6 is 23.2 Å². The van der Waals surface area contributed by atoms with Crippen LogP contribution in [0.1, 0.15) is 20.7 Å². The van der Waals surface area contributed by atoms with E-state index >= 15 is 0 Å². The Kier molecular flexibility index (Phi) is 9.16. The zero-order valence-corrected chi connectivity index (χ0v) is 21.2. The fourth-order valence-electron chi connectivity index (χ4n) is 3.31. The van der Waals surface area contributed by atoms with Crippen LogP contribution in [-0.4, -0.2) is 41.2 Å². The van der Waals surface area contributed by atoms with E-state index in [1.807, 2.05) is 0 Å². The second kappa shape index (κ2) is 12.3. The van der Waals surface area contributed by atoms with Gasteiger partial charge in [0.05, 0.1) is 35.4 Å². The summed E-state index contributed by atoms with van der Waals surface area (Å²) in [4.78, 5) is 40.0. The maximum Gasteiger partial charge on any atom is 0.339 e. The molecule has 0 aliphatic heterocycles. The van der Waals surface area contributed by atoms with Crippen LogP contribution in [0.4, 0.5) is 8.78 Å². The molecule has 2 aromatic heterocycles. The Morgan fingerprint density at radius 1 is 0.895 bits per heavy atom. The van der Waals surface area contributed by atoms with Crippen LogP contribution in [0, 0.1) is 11.6 Å². The quantitative estimate of drug-likeness (QED) is 0.292. The van der Waals surface area contributed by atoms with E-state index < -0.39 is 23.6 Å². The van der Waals surface area contributed by atoms with Gasteiger partial charge in [0.25, 0.3) is 0 Å². The second-order valence-electron chi connectivity index (χ2n) is 7.45. The molecule has 0 unspecified atom stereocenters. The summed E-state index contributed by atoms with van der Waals surface area (Å²) < 4.78 is 36.6. The number of carbonyl (C=O) groups is 2. The van der Waals surface area contributed by atoms with E-state index in [9.17, 15) is 23.2 Å². The Balaban J connectivity index is 0.000000212. The number of pyridine rings is 2. The average molecular weight is 563 g/mol. The minimum Gasteiger partial charge on any atom is -0.481 e. The highest BCUT2D eigenvalue weighted by atomic mass is 35.5. The number of esters is 1. The normalized spacial score (nSPS) is 10.3. The number of H-pyrrole nitrogens is 1. The van der Waals surface area contributed by atoms with E-state index in [0.29, 0.717) is 22.6 Å². The summed E-state index contributed by atoms with van der Waals surface area (Å²) in [5, 5.41) is 8.91. The molecule has 38 heavy (non-hydrogen) atoms. The van der Waals surface area contributed by atoms with Crippen molar-refractivity contribution in [3.63, 3.8) is 0 Å². The van der Waals surface area contributed by atoms with Gasteiger partial charge in [-0.05, 0) is 47.5 Å². The lowest BCUT2D eigenvalue weighted by molar-refractivity contribution is 0.0599. The maximum absolute atomic E-state index is 13.7. The zero-order chi connectivity index (χ0) is 28.0. The van der Waals surface area contributed by atoms with Crippen LogP contribution in [-0.2, 0) is 4.74 Å². The predicted octanol–water partition coefficient (Wildman–Crippen LogP) is 5.87. The minimum atomic E-state index is -1.33. The van der Waals surface area contributed by atoms with Gasteiger partial charge in [-0.25, -0.2) is 23.4 Å². The van der Waals surface area contributed by atoms with Gasteiger partial charge < -0.3 is 19.6 Å². The molecular formula is C26H18Cl2F2N2O6. The number of methoxy groups -OCH3 is 2. The van der Waals surface area contributed by atoms with Gasteiger partial charge in [0, 0.05) is 35.7 Å². The molecule has 12 heteroatoms. The molecule has 2 N–H and O–H groups in total. The highest BCUT2D eigenvalue weighted by Crippen LogP contribution is 2.33. The third kappa shape index (κ3) is 6.53. The van der Waals surface area contributed by atoms with Gasteiger partial charge in [0.2, 0.25) is 11.4 Å². The summed E-state index contributed by atoms with van der Waals surface area (Å²) in [5.74, 6) is -2.97. The second-order valence-corrected chi connectivity index (χ2v) is 8.21. The van der Waals surface area contributed by atoms with Gasteiger partial charge in [-0.2, -0.15) is 0 Å². The summed E-state index contributed by atoms with van der Waals surface area (Å²) in [7, 11) is 2.68. The fraction of sp³-hybridized carbons (Fsp3) is 0.0769. The van der Waals surface area contributed by atoms with Crippen molar-refractivity contribution in [2.45, 2.75) is 0 Å². The predicted molar refractivity (Wildman–Crippen MR) is 137 cm³/mol. The smallest absolute Gasteiger partial charge is 0.339 e. The molecule has 2 heterocycles. The summed E-state index contributed by atoms with van der Waals surface area (Å²) >= 11 is 12.1. The van der Waals surface area contributed by atoms with E-state index in [2.05, 4.69) is 14.7 Å². The molecule has 2 aromatic carbocycles. The summed E-state index contributed by atoms with van der Waals surface area (Å²) in [6.45, 7) is 0. The molecule has 0 spiro atoms. The molecule has 0 fully saturated rings. The maximum atomic E-state index is 13.7. The highest BCUT2D eigenvalue weighted by molar-refractivity contribution is 6.36. The van der Waals surface area contributed by atoms with Gasteiger partial charge in [-0.1, -0.05) is 23.2 Å². The standard InChI is InChI=1S/C14H11ClFNO3.C12H7ClFNO3/c1-19-12-5-8(3-4-17-12)10-6-9(16)7-11(13(10)15)14(18)20-2;13-11-8(6-1-2-15-10(16)3-6)4-7(14)5-9(11)12(17)18/h3-7H,1-2H3;1-5H,(H,15,16)(H,17,18). The van der Waals surface area contributed by atoms with Crippen molar-refractivity contribution in [2.24, 2.45) is 0 Å². The monoisotopic (exact) mass is 562 g/mol. The Labute approximate surface area is 224 Å². The van der Waals surface area contributed by atoms with Gasteiger partial charge in [0.1, 0.15) is 11.6 Å². The van der Waals surface area contributed by atoms with Gasteiger partial charge >= 0.3 is 11.9 Å². The molecular weight excluding hydrogens is 545 g/mol. The van der Waals surface area contributed by atoms with Gasteiger partial charge in [-0.15, -0.1) is 0 Å². The fourth-order valence-corrected chi connectivity index (χ4v) is 3.91. The number of ether oxygens (including phenoxy) is 2. The largest absolute Gasteiger partial charge is 0.481 e. The number of aromatic amines is 1. The van der Waals surface area contributed by atoms with Crippen LogP contribution in [0.2, 0.25) is 10.0 Å². The SMILES string of the molecule is COC(=O)c1cc(F)cc(-c2ccnc(OC)c2)c1Cl.O=C(O)c1cc(F)cc(-c2cc[nH]c(=O)c2)c1Cl. The number of carboxylic acid groups (broad SMARTS) is 1. The van der Waals surface area contributed by atoms with Crippen molar-refractivity contribution in [2.75, 3.05) is 14.2 Å². The van der Waals surface area contributed by atoms with Crippen molar-refractivity contribution in [3.05, 3.63) is 104 Å². The van der Waals surface area contributed by atoms with Crippen LogP contribution in [0.25, 0.3) is 22.3 Å². The van der Waals surface area contributed by atoms with Crippen molar-refractivity contribution in [3.8, 4) is 28.1 Å². The van der Waals surface area contributed by atoms with E-state index in [4.69, 9.17) is 33.0 Å². The first-order valence-electron chi connectivity index (χ1n) is 10.5. The number of rotatable bonds is 5. The van der Waals surface area contributed by atoms with Gasteiger partial charge in [-0.3, -0.25) is 4.79 Å². The highest BCUT2D eigenvalue weighted by Gasteiger charge is 2.18.